The Balaban J connectivity index is 1.91. The molecular formula is C14H18N2O3. The van der Waals surface area contributed by atoms with Crippen LogP contribution in [0.1, 0.15) is 17.5 Å². The van der Waals surface area contributed by atoms with Crippen LogP contribution in [0.4, 0.5) is 0 Å². The molecule has 0 bridgehead atoms. The average molecular weight is 262 g/mol. The first-order chi connectivity index (χ1) is 9.28. The molecule has 2 aromatic rings. The minimum Gasteiger partial charge on any atom is -0.441 e. The third-order valence-corrected chi connectivity index (χ3v) is 3.56. The molecule has 1 unspecified atom stereocenters. The molecule has 1 aromatic carbocycles. The third kappa shape index (κ3) is 2.49. The number of fused-ring (bicyclic) bond motifs is 1. The largest absolute Gasteiger partial charge is 0.441 e. The van der Waals surface area contributed by atoms with Gasteiger partial charge in [0.1, 0.15) is 5.52 Å². The van der Waals surface area contributed by atoms with Crippen molar-refractivity contribution in [3.05, 3.63) is 29.7 Å². The highest BCUT2D eigenvalue weighted by molar-refractivity contribution is 5.73. The molecule has 1 fully saturated rings. The number of aromatic nitrogens is 1. The van der Waals surface area contributed by atoms with Gasteiger partial charge in [-0.15, -0.1) is 0 Å². The number of nitrogens with zero attached hydrogens (tertiary/aromatic N) is 2. The Morgan fingerprint density at radius 1 is 1.37 bits per heavy atom. The van der Waals surface area contributed by atoms with Crippen molar-refractivity contribution in [1.82, 2.24) is 9.88 Å². The number of rotatable bonds is 3. The van der Waals surface area contributed by atoms with Gasteiger partial charge in [0, 0.05) is 20.0 Å². The van der Waals surface area contributed by atoms with Crippen molar-refractivity contribution in [2.75, 3.05) is 32.9 Å². The molecule has 102 valence electrons. The number of oxazole rings is 1. The quantitative estimate of drug-likeness (QED) is 0.908. The van der Waals surface area contributed by atoms with Crippen LogP contribution in [0.5, 0.6) is 0 Å². The van der Waals surface area contributed by atoms with Gasteiger partial charge in [-0.2, -0.15) is 0 Å². The maximum Gasteiger partial charge on any atom is 0.192 e. The molecule has 1 N–H and O–H groups in total. The van der Waals surface area contributed by atoms with Gasteiger partial charge in [-0.05, 0) is 17.7 Å². The molecule has 1 aliphatic heterocycles. The van der Waals surface area contributed by atoms with Crippen LogP contribution in [0.3, 0.4) is 0 Å². The van der Waals surface area contributed by atoms with Crippen LogP contribution in [-0.2, 0) is 4.74 Å². The van der Waals surface area contributed by atoms with Gasteiger partial charge >= 0.3 is 0 Å². The lowest BCUT2D eigenvalue weighted by molar-refractivity contribution is 0.00261. The van der Waals surface area contributed by atoms with E-state index in [1.165, 1.54) is 0 Å². The topological polar surface area (TPSA) is 58.7 Å². The molecule has 0 aliphatic carbocycles. The van der Waals surface area contributed by atoms with E-state index in [0.29, 0.717) is 5.89 Å². The molecule has 1 atom stereocenters. The number of ether oxygens (including phenoxy) is 1. The van der Waals surface area contributed by atoms with Crippen LogP contribution in [0.15, 0.2) is 22.6 Å². The Kier molecular flexibility index (Phi) is 3.50. The summed E-state index contributed by atoms with van der Waals surface area (Å²) in [7, 11) is 0. The predicted octanol–water partition coefficient (Wildman–Crippen LogP) is 1.50. The molecule has 1 aliphatic rings. The monoisotopic (exact) mass is 262 g/mol. The minimum absolute atomic E-state index is 0.00120. The Hall–Kier alpha value is -1.43. The fraction of sp³-hybridized carbons (Fsp3) is 0.500. The van der Waals surface area contributed by atoms with Crippen molar-refractivity contribution in [2.24, 2.45) is 0 Å². The summed E-state index contributed by atoms with van der Waals surface area (Å²) >= 11 is 0. The van der Waals surface area contributed by atoms with Crippen molar-refractivity contribution in [3.8, 4) is 0 Å². The van der Waals surface area contributed by atoms with E-state index in [-0.39, 0.29) is 12.6 Å². The molecule has 3 rings (SSSR count). The molecule has 0 amide bonds. The first-order valence-corrected chi connectivity index (χ1v) is 6.57. The zero-order valence-electron chi connectivity index (χ0n) is 11.0. The molecule has 0 radical (unpaired) electrons. The summed E-state index contributed by atoms with van der Waals surface area (Å²) in [6.07, 6.45) is 0. The normalized spacial score (nSPS) is 18.8. The Morgan fingerprint density at radius 2 is 2.16 bits per heavy atom. The third-order valence-electron chi connectivity index (χ3n) is 3.56. The number of aliphatic hydroxyl groups excluding tert-OH is 1. The minimum atomic E-state index is -0.00120. The van der Waals surface area contributed by atoms with Crippen LogP contribution in [0.2, 0.25) is 0 Å². The number of benzene rings is 1. The highest BCUT2D eigenvalue weighted by atomic mass is 16.5. The van der Waals surface area contributed by atoms with Crippen molar-refractivity contribution >= 4 is 11.1 Å². The number of morpholine rings is 1. The maximum absolute atomic E-state index is 9.68. The molecule has 19 heavy (non-hydrogen) atoms. The Labute approximate surface area is 111 Å². The molecule has 5 nitrogen and oxygen atoms in total. The average Bonchev–Trinajstić information content (AvgIpc) is 2.80. The van der Waals surface area contributed by atoms with Crippen LogP contribution < -0.4 is 0 Å². The summed E-state index contributed by atoms with van der Waals surface area (Å²) in [4.78, 5) is 6.53. The summed E-state index contributed by atoms with van der Waals surface area (Å²) < 4.78 is 10.9. The van der Waals surface area contributed by atoms with E-state index in [0.717, 1.165) is 43.0 Å². The zero-order valence-corrected chi connectivity index (χ0v) is 11.0. The molecule has 0 saturated carbocycles. The first kappa shape index (κ1) is 12.6. The highest BCUT2D eigenvalue weighted by Crippen LogP contribution is 2.25. The van der Waals surface area contributed by atoms with E-state index in [9.17, 15) is 5.11 Å². The van der Waals surface area contributed by atoms with Gasteiger partial charge in [-0.25, -0.2) is 4.98 Å². The maximum atomic E-state index is 9.68. The van der Waals surface area contributed by atoms with Crippen molar-refractivity contribution in [2.45, 2.75) is 13.0 Å². The second-order valence-corrected chi connectivity index (χ2v) is 4.81. The van der Waals surface area contributed by atoms with Crippen LogP contribution in [0.25, 0.3) is 11.1 Å². The van der Waals surface area contributed by atoms with Gasteiger partial charge in [-0.1, -0.05) is 6.07 Å². The van der Waals surface area contributed by atoms with Gasteiger partial charge in [-0.3, -0.25) is 4.90 Å². The fourth-order valence-electron chi connectivity index (χ4n) is 2.58. The lowest BCUT2D eigenvalue weighted by Gasteiger charge is -2.33. The van der Waals surface area contributed by atoms with E-state index in [1.807, 2.05) is 25.1 Å². The molecule has 1 saturated heterocycles. The number of hydrogen-bond acceptors (Lipinski definition) is 5. The zero-order chi connectivity index (χ0) is 13.2. The van der Waals surface area contributed by atoms with Crippen LogP contribution in [0, 0.1) is 6.92 Å². The SMILES string of the molecule is Cc1nc2ccc(C(CO)N3CCOCC3)cc2o1. The standard InChI is InChI=1S/C14H18N2O3/c1-10-15-12-3-2-11(8-14(12)19-10)13(9-17)16-4-6-18-7-5-16/h2-3,8,13,17H,4-7,9H2,1H3. The molecular weight excluding hydrogens is 244 g/mol. The smallest absolute Gasteiger partial charge is 0.192 e. The number of aliphatic hydroxyl groups is 1. The van der Waals surface area contributed by atoms with Crippen molar-refractivity contribution in [1.29, 1.82) is 0 Å². The van der Waals surface area contributed by atoms with Gasteiger partial charge in [0.05, 0.1) is 25.9 Å². The second-order valence-electron chi connectivity index (χ2n) is 4.81. The summed E-state index contributed by atoms with van der Waals surface area (Å²) in [5.41, 5.74) is 2.70. The van der Waals surface area contributed by atoms with Crippen molar-refractivity contribution in [3.63, 3.8) is 0 Å². The molecule has 5 heteroatoms. The van der Waals surface area contributed by atoms with Crippen molar-refractivity contribution < 1.29 is 14.3 Å². The summed E-state index contributed by atoms with van der Waals surface area (Å²) in [6.45, 7) is 5.07. The molecule has 1 aromatic heterocycles. The van der Waals surface area contributed by atoms with Gasteiger partial charge in [0.2, 0.25) is 0 Å². The van der Waals surface area contributed by atoms with E-state index in [2.05, 4.69) is 9.88 Å². The predicted molar refractivity (Wildman–Crippen MR) is 71.0 cm³/mol. The summed E-state index contributed by atoms with van der Waals surface area (Å²) in [6, 6.07) is 5.94. The number of aryl methyl sites for hydroxylation is 1. The molecule has 0 spiro atoms. The van der Waals surface area contributed by atoms with Crippen LogP contribution in [-0.4, -0.2) is 47.9 Å². The fourth-order valence-corrected chi connectivity index (χ4v) is 2.58. The number of hydrogen-bond donors (Lipinski definition) is 1. The Bertz CT molecular complexity index is 561. The summed E-state index contributed by atoms with van der Waals surface area (Å²) in [5, 5.41) is 9.68. The lowest BCUT2D eigenvalue weighted by atomic mass is 10.1. The van der Waals surface area contributed by atoms with E-state index in [4.69, 9.17) is 9.15 Å². The van der Waals surface area contributed by atoms with E-state index < -0.39 is 0 Å². The van der Waals surface area contributed by atoms with E-state index >= 15 is 0 Å². The molecule has 2 heterocycles. The highest BCUT2D eigenvalue weighted by Gasteiger charge is 2.22. The first-order valence-electron chi connectivity index (χ1n) is 6.57. The van der Waals surface area contributed by atoms with Gasteiger partial charge in [0.25, 0.3) is 0 Å². The second kappa shape index (κ2) is 5.28. The van der Waals surface area contributed by atoms with Gasteiger partial charge < -0.3 is 14.3 Å². The summed E-state index contributed by atoms with van der Waals surface area (Å²) in [5.74, 6) is 0.666. The van der Waals surface area contributed by atoms with Crippen LogP contribution >= 0.6 is 0 Å². The van der Waals surface area contributed by atoms with Gasteiger partial charge in [0.15, 0.2) is 11.5 Å². The van der Waals surface area contributed by atoms with E-state index in [1.54, 1.807) is 0 Å². The lowest BCUT2D eigenvalue weighted by Crippen LogP contribution is -2.40. The Morgan fingerprint density at radius 3 is 2.89 bits per heavy atom.